The molecular formula is C39H38F3NO8. The number of carbonyl (C=O) groups excluding carboxylic acids is 4. The fourth-order valence-corrected chi connectivity index (χ4v) is 5.26. The average Bonchev–Trinajstić information content (AvgIpc) is 3.12. The molecule has 0 aromatic heterocycles. The quantitative estimate of drug-likeness (QED) is 0.103. The van der Waals surface area contributed by atoms with Crippen molar-refractivity contribution in [1.82, 2.24) is 4.90 Å². The van der Waals surface area contributed by atoms with Gasteiger partial charge in [0.05, 0.1) is 36.3 Å². The van der Waals surface area contributed by atoms with Crippen molar-refractivity contribution >= 4 is 23.8 Å². The lowest BCUT2D eigenvalue weighted by molar-refractivity contribution is -0.160. The largest absolute Gasteiger partial charge is 0.465 e. The van der Waals surface area contributed by atoms with Gasteiger partial charge in [0.1, 0.15) is 17.8 Å². The van der Waals surface area contributed by atoms with E-state index < -0.39 is 41.0 Å². The Balaban J connectivity index is 1.58. The molecule has 4 aromatic rings. The molecule has 268 valence electrons. The Hall–Kier alpha value is -5.49. The molecule has 0 fully saturated rings. The van der Waals surface area contributed by atoms with Gasteiger partial charge in [-0.05, 0) is 66.4 Å². The van der Waals surface area contributed by atoms with Crippen molar-refractivity contribution < 1.29 is 51.3 Å². The van der Waals surface area contributed by atoms with Crippen LogP contribution < -0.4 is 4.74 Å². The van der Waals surface area contributed by atoms with Gasteiger partial charge in [0.25, 0.3) is 5.91 Å². The van der Waals surface area contributed by atoms with E-state index in [9.17, 15) is 32.3 Å². The summed E-state index contributed by atoms with van der Waals surface area (Å²) in [6.45, 7) is 3.40. The highest BCUT2D eigenvalue weighted by molar-refractivity contribution is 6.01. The van der Waals surface area contributed by atoms with E-state index in [1.165, 1.54) is 55.4 Å². The molecule has 0 spiro atoms. The lowest BCUT2D eigenvalue weighted by Crippen LogP contribution is -2.46. The molecule has 0 bridgehead atoms. The van der Waals surface area contributed by atoms with Crippen molar-refractivity contribution in [1.29, 1.82) is 0 Å². The van der Waals surface area contributed by atoms with Gasteiger partial charge >= 0.3 is 24.1 Å². The molecule has 0 N–H and O–H groups in total. The Morgan fingerprint density at radius 2 is 1.37 bits per heavy atom. The Morgan fingerprint density at radius 3 is 2.00 bits per heavy atom. The number of hydrogen-bond donors (Lipinski definition) is 0. The van der Waals surface area contributed by atoms with Crippen LogP contribution in [-0.2, 0) is 41.8 Å². The Bertz CT molecular complexity index is 1840. The maximum Gasteiger partial charge on any atom is 0.416 e. The topological polar surface area (TPSA) is 108 Å². The Labute approximate surface area is 293 Å². The van der Waals surface area contributed by atoms with Crippen molar-refractivity contribution in [2.75, 3.05) is 40.5 Å². The van der Waals surface area contributed by atoms with Crippen LogP contribution in [0.2, 0.25) is 0 Å². The van der Waals surface area contributed by atoms with Gasteiger partial charge in [-0.1, -0.05) is 66.7 Å². The fraction of sp³-hybridized carbons (Fsp3) is 0.282. The summed E-state index contributed by atoms with van der Waals surface area (Å²) in [7, 11) is 3.01. The maximum absolute atomic E-state index is 13.5. The summed E-state index contributed by atoms with van der Waals surface area (Å²) in [5, 5.41) is 0. The predicted molar refractivity (Wildman–Crippen MR) is 182 cm³/mol. The highest BCUT2D eigenvalue weighted by Gasteiger charge is 2.44. The fourth-order valence-electron chi connectivity index (χ4n) is 5.26. The van der Waals surface area contributed by atoms with Crippen LogP contribution in [0.25, 0.3) is 11.1 Å². The molecule has 1 atom stereocenters. The van der Waals surface area contributed by atoms with E-state index >= 15 is 0 Å². The Kier molecular flexibility index (Phi) is 12.7. The molecule has 0 aliphatic heterocycles. The molecule has 0 heterocycles. The number of ether oxygens (including phenoxy) is 4. The molecule has 51 heavy (non-hydrogen) atoms. The molecule has 0 saturated carbocycles. The second-order valence-electron chi connectivity index (χ2n) is 11.7. The number of rotatable bonds is 14. The first-order chi connectivity index (χ1) is 24.3. The SMILES string of the molecule is CCOCC(COC(=O)Cc1ccc(OC(=O)c2ccccc2-c2ccc(C(F)(F)F)cc2)c(C(=O)N(C)C)c1)(C(=O)OCC)c1ccccc1. The van der Waals surface area contributed by atoms with E-state index in [0.717, 1.165) is 12.1 Å². The minimum absolute atomic E-state index is 0.0211. The number of hydrogen-bond acceptors (Lipinski definition) is 8. The van der Waals surface area contributed by atoms with Crippen LogP contribution >= 0.6 is 0 Å². The first-order valence-electron chi connectivity index (χ1n) is 16.1. The average molecular weight is 706 g/mol. The molecule has 0 aliphatic carbocycles. The third-order valence-electron chi connectivity index (χ3n) is 7.93. The normalized spacial score (nSPS) is 12.4. The summed E-state index contributed by atoms with van der Waals surface area (Å²) >= 11 is 0. The molecule has 4 aromatic carbocycles. The van der Waals surface area contributed by atoms with Gasteiger partial charge in [0, 0.05) is 20.7 Å². The number of nitrogens with zero attached hydrogens (tertiary/aromatic N) is 1. The molecule has 0 saturated heterocycles. The molecule has 12 heteroatoms. The third-order valence-corrected chi connectivity index (χ3v) is 7.93. The smallest absolute Gasteiger partial charge is 0.416 e. The molecule has 4 rings (SSSR count). The van der Waals surface area contributed by atoms with Gasteiger partial charge in [-0.3, -0.25) is 14.4 Å². The van der Waals surface area contributed by atoms with Gasteiger partial charge < -0.3 is 23.8 Å². The molecular weight excluding hydrogens is 667 g/mol. The number of benzene rings is 4. The number of halogens is 3. The third kappa shape index (κ3) is 9.40. The van der Waals surface area contributed by atoms with Gasteiger partial charge in [-0.15, -0.1) is 0 Å². The lowest BCUT2D eigenvalue weighted by Gasteiger charge is -2.31. The van der Waals surface area contributed by atoms with Crippen LogP contribution in [0, 0.1) is 0 Å². The van der Waals surface area contributed by atoms with E-state index in [2.05, 4.69) is 0 Å². The van der Waals surface area contributed by atoms with Crippen LogP contribution in [0.3, 0.4) is 0 Å². The summed E-state index contributed by atoms with van der Waals surface area (Å²) in [6.07, 6.45) is -4.81. The number of carbonyl (C=O) groups is 4. The van der Waals surface area contributed by atoms with Crippen LogP contribution in [0.1, 0.15) is 51.3 Å². The molecule has 1 unspecified atom stereocenters. The molecule has 0 aliphatic rings. The first-order valence-corrected chi connectivity index (χ1v) is 16.1. The van der Waals surface area contributed by atoms with Crippen molar-refractivity contribution in [3.63, 3.8) is 0 Å². The summed E-state index contributed by atoms with van der Waals surface area (Å²) in [4.78, 5) is 54.5. The van der Waals surface area contributed by atoms with Crippen LogP contribution in [0.4, 0.5) is 13.2 Å². The zero-order chi connectivity index (χ0) is 37.2. The van der Waals surface area contributed by atoms with Gasteiger partial charge in [-0.2, -0.15) is 13.2 Å². The summed E-state index contributed by atoms with van der Waals surface area (Å²) < 4.78 is 61.7. The zero-order valence-corrected chi connectivity index (χ0v) is 28.6. The molecule has 1 amide bonds. The van der Waals surface area contributed by atoms with Crippen molar-refractivity contribution in [2.24, 2.45) is 0 Å². The van der Waals surface area contributed by atoms with Gasteiger partial charge in [0.2, 0.25) is 0 Å². The minimum Gasteiger partial charge on any atom is -0.465 e. The summed E-state index contributed by atoms with van der Waals surface area (Å²) in [5.41, 5.74) is -0.623. The van der Waals surface area contributed by atoms with E-state index in [4.69, 9.17) is 18.9 Å². The monoisotopic (exact) mass is 705 g/mol. The van der Waals surface area contributed by atoms with Crippen molar-refractivity contribution in [3.05, 3.63) is 125 Å². The second-order valence-corrected chi connectivity index (χ2v) is 11.7. The molecule has 9 nitrogen and oxygen atoms in total. The Morgan fingerprint density at radius 1 is 0.706 bits per heavy atom. The lowest BCUT2D eigenvalue weighted by atomic mass is 9.81. The van der Waals surface area contributed by atoms with E-state index in [1.807, 2.05) is 0 Å². The maximum atomic E-state index is 13.5. The standard InChI is InChI=1S/C39H38F3NO8/c1-5-48-24-38(37(47)49-6-2,28-12-8-7-9-13-28)25-50-34(44)23-26-16-21-33(32(22-26)35(45)43(3)4)51-36(46)31-15-11-10-14-30(31)27-17-19-29(20-18-27)39(40,41)42/h7-22H,5-6,23-25H2,1-4H3. The van der Waals surface area contributed by atoms with E-state index in [-0.39, 0.29) is 43.1 Å². The van der Waals surface area contributed by atoms with E-state index in [1.54, 1.807) is 62.4 Å². The van der Waals surface area contributed by atoms with E-state index in [0.29, 0.717) is 28.9 Å². The van der Waals surface area contributed by atoms with Gasteiger partial charge in [0.15, 0.2) is 0 Å². The minimum atomic E-state index is -4.52. The number of esters is 3. The van der Waals surface area contributed by atoms with Crippen LogP contribution in [0.5, 0.6) is 5.75 Å². The van der Waals surface area contributed by atoms with Crippen molar-refractivity contribution in [3.8, 4) is 16.9 Å². The second kappa shape index (κ2) is 16.9. The van der Waals surface area contributed by atoms with Gasteiger partial charge in [-0.25, -0.2) is 4.79 Å². The zero-order valence-electron chi connectivity index (χ0n) is 28.6. The highest BCUT2D eigenvalue weighted by Crippen LogP contribution is 2.33. The number of amides is 1. The van der Waals surface area contributed by atoms with Crippen LogP contribution in [-0.4, -0.2) is 69.2 Å². The summed E-state index contributed by atoms with van der Waals surface area (Å²) in [6, 6.07) is 23.6. The predicted octanol–water partition coefficient (Wildman–Crippen LogP) is 6.92. The van der Waals surface area contributed by atoms with Crippen molar-refractivity contribution in [2.45, 2.75) is 31.9 Å². The summed E-state index contributed by atoms with van der Waals surface area (Å²) in [5.74, 6) is -2.78. The number of alkyl halides is 3. The first kappa shape index (κ1) is 38.3. The highest BCUT2D eigenvalue weighted by atomic mass is 19.4. The molecule has 0 radical (unpaired) electrons. The van der Waals surface area contributed by atoms with Crippen LogP contribution in [0.15, 0.2) is 97.1 Å².